The number of tetrazole rings is 1. The third kappa shape index (κ3) is 3.42. The van der Waals surface area contributed by atoms with Crippen molar-refractivity contribution < 1.29 is 4.79 Å². The van der Waals surface area contributed by atoms with Gasteiger partial charge in [0.1, 0.15) is 0 Å². The largest absolute Gasteiger partial charge is 0.344 e. The molecule has 0 saturated heterocycles. The van der Waals surface area contributed by atoms with Gasteiger partial charge in [0.05, 0.1) is 5.54 Å². The molecule has 4 N–H and O–H groups in total. The summed E-state index contributed by atoms with van der Waals surface area (Å²) in [6, 6.07) is 0. The number of aromatic amines is 1. The summed E-state index contributed by atoms with van der Waals surface area (Å²) >= 11 is 0. The Morgan fingerprint density at radius 2 is 2.26 bits per heavy atom. The van der Waals surface area contributed by atoms with Crippen molar-refractivity contribution in [3.63, 3.8) is 0 Å². The van der Waals surface area contributed by atoms with Crippen LogP contribution in [0.2, 0.25) is 0 Å². The molecule has 2 rings (SSSR count). The van der Waals surface area contributed by atoms with Gasteiger partial charge < -0.3 is 11.1 Å². The molecule has 2 atom stereocenters. The summed E-state index contributed by atoms with van der Waals surface area (Å²) in [6.45, 7) is 4.30. The molecule has 7 nitrogen and oxygen atoms in total. The maximum absolute atomic E-state index is 12.3. The molecule has 1 saturated carbocycles. The number of amides is 1. The zero-order chi connectivity index (χ0) is 13.2. The van der Waals surface area contributed by atoms with E-state index in [-0.39, 0.29) is 24.2 Å². The van der Waals surface area contributed by atoms with E-state index in [9.17, 15) is 4.79 Å². The van der Waals surface area contributed by atoms with Crippen LogP contribution < -0.4 is 11.1 Å². The van der Waals surface area contributed by atoms with Crippen LogP contribution in [0.1, 0.15) is 38.9 Å². The van der Waals surface area contributed by atoms with Gasteiger partial charge in [-0.15, -0.1) is 22.6 Å². The summed E-state index contributed by atoms with van der Waals surface area (Å²) in [5.74, 6) is 0.836. The van der Waals surface area contributed by atoms with E-state index < -0.39 is 5.54 Å². The Balaban J connectivity index is 0.00000180. The summed E-state index contributed by atoms with van der Waals surface area (Å²) in [5, 5.41) is 16.7. The number of halogens is 1. The van der Waals surface area contributed by atoms with Crippen molar-refractivity contribution in [1.29, 1.82) is 0 Å². The fourth-order valence-electron chi connectivity index (χ4n) is 2.55. The van der Waals surface area contributed by atoms with Gasteiger partial charge in [0.2, 0.25) is 5.91 Å². The van der Waals surface area contributed by atoms with Crippen molar-refractivity contribution in [2.75, 3.05) is 6.54 Å². The highest BCUT2D eigenvalue weighted by Crippen LogP contribution is 2.31. The predicted molar refractivity (Wildman–Crippen MR) is 72.5 cm³/mol. The molecule has 8 heteroatoms. The Morgan fingerprint density at radius 1 is 1.53 bits per heavy atom. The number of hydrogen-bond acceptors (Lipinski definition) is 5. The molecule has 0 unspecified atom stereocenters. The number of aromatic nitrogens is 4. The Hall–Kier alpha value is -1.21. The van der Waals surface area contributed by atoms with Crippen LogP contribution in [0.15, 0.2) is 0 Å². The summed E-state index contributed by atoms with van der Waals surface area (Å²) in [4.78, 5) is 12.3. The van der Waals surface area contributed by atoms with Gasteiger partial charge in [0, 0.05) is 5.92 Å². The molecule has 0 radical (unpaired) electrons. The SMILES string of the molecule is CC(C)(NC(=O)[C@@H]1CCC[C@@H]1CN)c1nn[nH]n1.Cl. The maximum Gasteiger partial charge on any atom is 0.224 e. The summed E-state index contributed by atoms with van der Waals surface area (Å²) in [6.07, 6.45) is 3.02. The van der Waals surface area contributed by atoms with Gasteiger partial charge in [0.25, 0.3) is 0 Å². The second kappa shape index (κ2) is 6.29. The van der Waals surface area contributed by atoms with Crippen LogP contribution in [-0.2, 0) is 10.3 Å². The molecule has 108 valence electrons. The molecule has 0 aromatic carbocycles. The van der Waals surface area contributed by atoms with E-state index in [4.69, 9.17) is 5.73 Å². The first-order valence-corrected chi connectivity index (χ1v) is 6.30. The number of H-pyrrole nitrogens is 1. The number of nitrogens with zero attached hydrogens (tertiary/aromatic N) is 3. The number of nitrogens with two attached hydrogens (primary N) is 1. The fourth-order valence-corrected chi connectivity index (χ4v) is 2.55. The molecule has 1 heterocycles. The minimum Gasteiger partial charge on any atom is -0.344 e. The van der Waals surface area contributed by atoms with E-state index in [0.29, 0.717) is 18.3 Å². The van der Waals surface area contributed by atoms with Gasteiger partial charge >= 0.3 is 0 Å². The Morgan fingerprint density at radius 3 is 2.84 bits per heavy atom. The van der Waals surface area contributed by atoms with E-state index in [1.165, 1.54) is 0 Å². The Bertz CT molecular complexity index is 407. The standard InChI is InChI=1S/C11H20N6O.ClH/c1-11(2,10-14-16-17-15-10)13-9(18)8-5-3-4-7(8)6-12;/h7-8H,3-6,12H2,1-2H3,(H,13,18)(H,14,15,16,17);1H/t7-,8-;/m1./s1. The van der Waals surface area contributed by atoms with Gasteiger partial charge in [-0.1, -0.05) is 11.6 Å². The van der Waals surface area contributed by atoms with E-state index >= 15 is 0 Å². The van der Waals surface area contributed by atoms with Crippen LogP contribution in [0.3, 0.4) is 0 Å². The van der Waals surface area contributed by atoms with Crippen LogP contribution in [0, 0.1) is 11.8 Å². The topological polar surface area (TPSA) is 110 Å². The summed E-state index contributed by atoms with van der Waals surface area (Å²) < 4.78 is 0. The van der Waals surface area contributed by atoms with Crippen molar-refractivity contribution in [3.8, 4) is 0 Å². The second-order valence-electron chi connectivity index (χ2n) is 5.38. The van der Waals surface area contributed by atoms with Gasteiger partial charge in [-0.2, -0.15) is 5.21 Å². The number of carbonyl (C=O) groups excluding carboxylic acids is 1. The molecule has 1 aliphatic carbocycles. The van der Waals surface area contributed by atoms with Gasteiger partial charge in [0.15, 0.2) is 5.82 Å². The maximum atomic E-state index is 12.3. The fraction of sp³-hybridized carbons (Fsp3) is 0.818. The molecule has 1 fully saturated rings. The van der Waals surface area contributed by atoms with Crippen molar-refractivity contribution in [1.82, 2.24) is 25.9 Å². The van der Waals surface area contributed by atoms with Gasteiger partial charge in [-0.05, 0) is 39.2 Å². The average Bonchev–Trinajstić information content (AvgIpc) is 2.99. The van der Waals surface area contributed by atoms with Crippen LogP contribution in [-0.4, -0.2) is 33.1 Å². The van der Waals surface area contributed by atoms with Crippen LogP contribution in [0.5, 0.6) is 0 Å². The third-order valence-electron chi connectivity index (χ3n) is 3.64. The first kappa shape index (κ1) is 15.8. The minimum absolute atomic E-state index is 0. The van der Waals surface area contributed by atoms with Gasteiger partial charge in [-0.25, -0.2) is 0 Å². The highest BCUT2D eigenvalue weighted by atomic mass is 35.5. The zero-order valence-corrected chi connectivity index (χ0v) is 12.0. The van der Waals surface area contributed by atoms with Crippen LogP contribution in [0.4, 0.5) is 0 Å². The van der Waals surface area contributed by atoms with Crippen molar-refractivity contribution >= 4 is 18.3 Å². The highest BCUT2D eigenvalue weighted by Gasteiger charge is 2.36. The lowest BCUT2D eigenvalue weighted by molar-refractivity contribution is -0.127. The lowest BCUT2D eigenvalue weighted by atomic mass is 9.93. The van der Waals surface area contributed by atoms with E-state index in [1.807, 2.05) is 13.8 Å². The molecule has 1 aromatic rings. The lowest BCUT2D eigenvalue weighted by Crippen LogP contribution is -2.46. The summed E-state index contributed by atoms with van der Waals surface area (Å²) in [7, 11) is 0. The van der Waals surface area contributed by atoms with Crippen LogP contribution in [0.25, 0.3) is 0 Å². The molecule has 1 aliphatic rings. The Labute approximate surface area is 118 Å². The normalized spacial score (nSPS) is 22.9. The average molecular weight is 289 g/mol. The summed E-state index contributed by atoms with van der Waals surface area (Å²) in [5.41, 5.74) is 5.08. The lowest BCUT2D eigenvalue weighted by Gasteiger charge is -2.26. The van der Waals surface area contributed by atoms with E-state index in [1.54, 1.807) is 0 Å². The number of rotatable bonds is 4. The molecule has 0 spiro atoms. The molecule has 1 amide bonds. The number of hydrogen-bond donors (Lipinski definition) is 3. The number of carbonyl (C=O) groups is 1. The molecule has 1 aromatic heterocycles. The van der Waals surface area contributed by atoms with Crippen LogP contribution >= 0.6 is 12.4 Å². The quantitative estimate of drug-likeness (QED) is 0.740. The van der Waals surface area contributed by atoms with Crippen molar-refractivity contribution in [3.05, 3.63) is 5.82 Å². The second-order valence-corrected chi connectivity index (χ2v) is 5.38. The smallest absolute Gasteiger partial charge is 0.224 e. The van der Waals surface area contributed by atoms with E-state index in [2.05, 4.69) is 25.9 Å². The van der Waals surface area contributed by atoms with Crippen molar-refractivity contribution in [2.24, 2.45) is 17.6 Å². The first-order valence-electron chi connectivity index (χ1n) is 6.30. The third-order valence-corrected chi connectivity index (χ3v) is 3.64. The van der Waals surface area contributed by atoms with Crippen molar-refractivity contribution in [2.45, 2.75) is 38.6 Å². The number of nitrogens with one attached hydrogen (secondary N) is 2. The predicted octanol–water partition coefficient (Wildman–Crippen LogP) is 0.348. The molecule has 19 heavy (non-hydrogen) atoms. The first-order chi connectivity index (χ1) is 8.54. The zero-order valence-electron chi connectivity index (χ0n) is 11.2. The molecule has 0 aliphatic heterocycles. The monoisotopic (exact) mass is 288 g/mol. The van der Waals surface area contributed by atoms with E-state index in [0.717, 1.165) is 19.3 Å². The minimum atomic E-state index is -0.619. The molecule has 0 bridgehead atoms. The van der Waals surface area contributed by atoms with Gasteiger partial charge in [-0.3, -0.25) is 4.79 Å². The molecular weight excluding hydrogens is 268 g/mol. The molecular formula is C11H21ClN6O. The Kier molecular flexibility index (Phi) is 5.25. The highest BCUT2D eigenvalue weighted by molar-refractivity contribution is 5.85.